The van der Waals surface area contributed by atoms with Crippen LogP contribution in [-0.4, -0.2) is 70.9 Å². The Labute approximate surface area is 321 Å². The Balaban J connectivity index is 1.24. The van der Waals surface area contributed by atoms with Crippen LogP contribution in [0.15, 0.2) is 84.9 Å². The second kappa shape index (κ2) is 19.6. The third kappa shape index (κ3) is 11.9. The normalized spacial score (nSPS) is 16.3. The molecule has 290 valence electrons. The Morgan fingerprint density at radius 1 is 0.833 bits per heavy atom. The number of hydroxylamine groups is 2. The van der Waals surface area contributed by atoms with Crippen molar-refractivity contribution in [2.45, 2.75) is 104 Å². The molecule has 0 unspecified atom stereocenters. The van der Waals surface area contributed by atoms with Gasteiger partial charge in [0.1, 0.15) is 19.3 Å². The van der Waals surface area contributed by atoms with Crippen LogP contribution < -0.4 is 5.32 Å². The molecule has 10 heteroatoms. The lowest BCUT2D eigenvalue weighted by Crippen LogP contribution is -2.58. The summed E-state index contributed by atoms with van der Waals surface area (Å²) < 4.78 is 5.81. The van der Waals surface area contributed by atoms with E-state index in [9.17, 15) is 19.2 Å². The van der Waals surface area contributed by atoms with E-state index in [0.29, 0.717) is 51.2 Å². The minimum absolute atomic E-state index is 0.103. The first kappa shape index (κ1) is 40.5. The zero-order valence-corrected chi connectivity index (χ0v) is 32.5. The maximum Gasteiger partial charge on any atom is 0.410 e. The Morgan fingerprint density at radius 2 is 1.43 bits per heavy atom. The molecule has 2 atom stereocenters. The monoisotopic (exact) mass is 738 g/mol. The summed E-state index contributed by atoms with van der Waals surface area (Å²) in [6, 6.07) is 26.5. The summed E-state index contributed by atoms with van der Waals surface area (Å²) in [6.45, 7) is 9.70. The lowest BCUT2D eigenvalue weighted by molar-refractivity contribution is -0.182. The zero-order valence-electron chi connectivity index (χ0n) is 32.5. The molecule has 1 saturated heterocycles. The first-order valence-electron chi connectivity index (χ1n) is 19.5. The molecule has 0 aromatic heterocycles. The van der Waals surface area contributed by atoms with E-state index in [2.05, 4.69) is 5.32 Å². The van der Waals surface area contributed by atoms with Crippen LogP contribution in [0.1, 0.15) is 88.0 Å². The molecule has 5 rings (SSSR count). The minimum atomic E-state index is -0.776. The SMILES string of the molecule is Cc1ccc(CN(C(=O)OCc2ccccc2)C2CCN(C(=O)[C@@H](NC(=O)[C@H](CC3CCCC3)CN(C=O)OCc3ccccc3)C(C)(C)C)CC2)cc1. The second-order valence-electron chi connectivity index (χ2n) is 16.1. The van der Waals surface area contributed by atoms with Gasteiger partial charge in [-0.2, -0.15) is 0 Å². The summed E-state index contributed by atoms with van der Waals surface area (Å²) in [6.07, 6.45) is 6.40. The van der Waals surface area contributed by atoms with Gasteiger partial charge in [0, 0.05) is 25.7 Å². The van der Waals surface area contributed by atoms with Crippen LogP contribution in [0.4, 0.5) is 4.79 Å². The molecule has 1 aliphatic carbocycles. The first-order valence-corrected chi connectivity index (χ1v) is 19.5. The number of carbonyl (C=O) groups excluding carboxylic acids is 4. The molecule has 1 aliphatic heterocycles. The fraction of sp³-hybridized carbons (Fsp3) is 0.500. The number of hydrogen-bond acceptors (Lipinski definition) is 6. The molecule has 1 N–H and O–H groups in total. The van der Waals surface area contributed by atoms with Gasteiger partial charge >= 0.3 is 6.09 Å². The molecule has 10 nitrogen and oxygen atoms in total. The Kier molecular flexibility index (Phi) is 14.7. The summed E-state index contributed by atoms with van der Waals surface area (Å²) >= 11 is 0. The standard InChI is InChI=1S/C44H58N4O6/c1-33-19-21-35(22-20-33)28-48(43(52)53-30-36-15-7-5-8-16-36)39-23-25-46(26-24-39)42(51)40(44(2,3)4)45-41(50)38(27-34-13-11-12-14-34)29-47(32-49)54-31-37-17-9-6-10-18-37/h5-10,15-22,32,34,38-40H,11-14,23-31H2,1-4H3,(H,45,50)/t38-,40-/m1/s1. The molecule has 0 bridgehead atoms. The lowest BCUT2D eigenvalue weighted by atomic mass is 9.84. The highest BCUT2D eigenvalue weighted by atomic mass is 16.7. The number of piperidine rings is 1. The fourth-order valence-corrected chi connectivity index (χ4v) is 7.51. The van der Waals surface area contributed by atoms with Gasteiger partial charge in [0.05, 0.1) is 12.5 Å². The second-order valence-corrected chi connectivity index (χ2v) is 16.1. The highest BCUT2D eigenvalue weighted by molar-refractivity contribution is 5.89. The van der Waals surface area contributed by atoms with E-state index in [4.69, 9.17) is 9.57 Å². The Bertz CT molecular complexity index is 1630. The summed E-state index contributed by atoms with van der Waals surface area (Å²) in [5, 5.41) is 4.36. The van der Waals surface area contributed by atoms with Gasteiger partial charge in [-0.25, -0.2) is 9.86 Å². The van der Waals surface area contributed by atoms with Gasteiger partial charge in [-0.3, -0.25) is 19.2 Å². The van der Waals surface area contributed by atoms with E-state index in [1.165, 1.54) is 5.06 Å². The van der Waals surface area contributed by atoms with E-state index in [1.54, 1.807) is 4.90 Å². The number of nitrogens with zero attached hydrogens (tertiary/aromatic N) is 3. The quantitative estimate of drug-likeness (QED) is 0.121. The van der Waals surface area contributed by atoms with Crippen molar-refractivity contribution in [1.82, 2.24) is 20.2 Å². The third-order valence-electron chi connectivity index (χ3n) is 10.8. The molecule has 3 aromatic carbocycles. The van der Waals surface area contributed by atoms with Gasteiger partial charge < -0.3 is 19.9 Å². The molecule has 4 amide bonds. The van der Waals surface area contributed by atoms with Crippen molar-refractivity contribution in [2.24, 2.45) is 17.3 Å². The summed E-state index contributed by atoms with van der Waals surface area (Å²) in [5.74, 6) is -0.535. The fourth-order valence-electron chi connectivity index (χ4n) is 7.51. The summed E-state index contributed by atoms with van der Waals surface area (Å²) in [4.78, 5) is 63.6. The van der Waals surface area contributed by atoms with Crippen LogP contribution >= 0.6 is 0 Å². The minimum Gasteiger partial charge on any atom is -0.445 e. The van der Waals surface area contributed by atoms with Crippen molar-refractivity contribution in [1.29, 1.82) is 0 Å². The number of amides is 4. The van der Waals surface area contributed by atoms with Crippen molar-refractivity contribution < 1.29 is 28.8 Å². The molecule has 2 aliphatic rings. The average Bonchev–Trinajstić information content (AvgIpc) is 3.70. The van der Waals surface area contributed by atoms with E-state index in [0.717, 1.165) is 47.9 Å². The predicted molar refractivity (Wildman–Crippen MR) is 208 cm³/mol. The number of carbonyl (C=O) groups is 4. The maximum absolute atomic E-state index is 14.3. The molecule has 1 heterocycles. The topological polar surface area (TPSA) is 108 Å². The number of ether oxygens (including phenoxy) is 1. The molecule has 3 aromatic rings. The molecular weight excluding hydrogens is 681 g/mol. The maximum atomic E-state index is 14.3. The Morgan fingerprint density at radius 3 is 2.00 bits per heavy atom. The number of rotatable bonds is 16. The van der Waals surface area contributed by atoms with Crippen molar-refractivity contribution in [3.8, 4) is 0 Å². The smallest absolute Gasteiger partial charge is 0.410 e. The number of aryl methyl sites for hydroxylation is 1. The summed E-state index contributed by atoms with van der Waals surface area (Å²) in [5.41, 5.74) is 3.42. The van der Waals surface area contributed by atoms with Gasteiger partial charge in [0.2, 0.25) is 18.2 Å². The molecule has 0 radical (unpaired) electrons. The zero-order chi connectivity index (χ0) is 38.5. The van der Waals surface area contributed by atoms with Crippen LogP contribution in [-0.2, 0) is 43.7 Å². The number of nitrogens with one attached hydrogen (secondary N) is 1. The van der Waals surface area contributed by atoms with Gasteiger partial charge in [-0.1, -0.05) is 137 Å². The van der Waals surface area contributed by atoms with Crippen LogP contribution in [0, 0.1) is 24.2 Å². The highest BCUT2D eigenvalue weighted by Gasteiger charge is 2.40. The van der Waals surface area contributed by atoms with Gasteiger partial charge in [0.15, 0.2) is 0 Å². The molecule has 1 saturated carbocycles. The van der Waals surface area contributed by atoms with Gasteiger partial charge in [0.25, 0.3) is 0 Å². The van der Waals surface area contributed by atoms with Crippen molar-refractivity contribution in [2.75, 3.05) is 19.6 Å². The largest absolute Gasteiger partial charge is 0.445 e. The van der Waals surface area contributed by atoms with Crippen molar-refractivity contribution in [3.05, 3.63) is 107 Å². The van der Waals surface area contributed by atoms with E-state index < -0.39 is 17.4 Å². The first-order chi connectivity index (χ1) is 26.0. The van der Waals surface area contributed by atoms with E-state index in [1.807, 2.05) is 118 Å². The molecule has 2 fully saturated rings. The van der Waals surface area contributed by atoms with Crippen LogP contribution in [0.5, 0.6) is 0 Å². The Hall–Kier alpha value is -4.70. The van der Waals surface area contributed by atoms with Crippen molar-refractivity contribution >= 4 is 24.3 Å². The molecular formula is C44H58N4O6. The van der Waals surface area contributed by atoms with Crippen LogP contribution in [0.3, 0.4) is 0 Å². The molecule has 54 heavy (non-hydrogen) atoms. The number of likely N-dealkylation sites (tertiary alicyclic amines) is 1. The average molecular weight is 739 g/mol. The highest BCUT2D eigenvalue weighted by Crippen LogP contribution is 2.32. The van der Waals surface area contributed by atoms with E-state index in [-0.39, 0.29) is 43.7 Å². The molecule has 0 spiro atoms. The van der Waals surface area contributed by atoms with Crippen LogP contribution in [0.2, 0.25) is 0 Å². The third-order valence-corrected chi connectivity index (χ3v) is 10.8. The number of hydrogen-bond donors (Lipinski definition) is 1. The van der Waals surface area contributed by atoms with Gasteiger partial charge in [-0.15, -0.1) is 0 Å². The lowest BCUT2D eigenvalue weighted by Gasteiger charge is -2.41. The van der Waals surface area contributed by atoms with E-state index >= 15 is 0 Å². The number of benzene rings is 3. The summed E-state index contributed by atoms with van der Waals surface area (Å²) in [7, 11) is 0. The van der Waals surface area contributed by atoms with Crippen molar-refractivity contribution in [3.63, 3.8) is 0 Å². The predicted octanol–water partition coefficient (Wildman–Crippen LogP) is 7.44. The van der Waals surface area contributed by atoms with Crippen LogP contribution in [0.25, 0.3) is 0 Å². The van der Waals surface area contributed by atoms with Gasteiger partial charge in [-0.05, 0) is 54.2 Å².